The topological polar surface area (TPSA) is 55.3 Å². The normalized spacial score (nSPS) is 18.4. The minimum absolute atomic E-state index is 0.146. The van der Waals surface area contributed by atoms with Gasteiger partial charge in [-0.3, -0.25) is 0 Å². The van der Waals surface area contributed by atoms with E-state index < -0.39 is 0 Å². The van der Waals surface area contributed by atoms with Crippen molar-refractivity contribution in [2.75, 3.05) is 18.1 Å². The van der Waals surface area contributed by atoms with Crippen LogP contribution in [0.1, 0.15) is 31.6 Å². The molecule has 0 aromatic carbocycles. The molecular formula is C15H19N3O2S. The maximum Gasteiger partial charge on any atom is 0.328 e. The standard InChI is InChI=1S/C15H19N3O2S/c1-3-10-8-11-13(16-9-17-14(11)21-10)18-7-5-6-12(18)15(19)20-4-2/h8-9,12H,3-7H2,1-2H3. The molecule has 1 saturated heterocycles. The molecule has 1 aliphatic rings. The van der Waals surface area contributed by atoms with Crippen LogP contribution in [0.5, 0.6) is 0 Å². The third kappa shape index (κ3) is 2.60. The first-order chi connectivity index (χ1) is 10.2. The number of fused-ring (bicyclic) bond motifs is 1. The zero-order chi connectivity index (χ0) is 14.8. The van der Waals surface area contributed by atoms with E-state index in [0.717, 1.165) is 41.8 Å². The summed E-state index contributed by atoms with van der Waals surface area (Å²) in [6, 6.07) is 1.93. The van der Waals surface area contributed by atoms with Crippen molar-refractivity contribution < 1.29 is 9.53 Å². The van der Waals surface area contributed by atoms with Gasteiger partial charge in [0.2, 0.25) is 0 Å². The van der Waals surface area contributed by atoms with Crippen molar-refractivity contribution in [3.05, 3.63) is 17.3 Å². The Labute approximate surface area is 128 Å². The highest BCUT2D eigenvalue weighted by Crippen LogP contribution is 2.34. The number of aryl methyl sites for hydroxylation is 1. The maximum atomic E-state index is 12.1. The largest absolute Gasteiger partial charge is 0.464 e. The molecule has 6 heteroatoms. The van der Waals surface area contributed by atoms with Gasteiger partial charge in [-0.05, 0) is 32.3 Å². The highest BCUT2D eigenvalue weighted by molar-refractivity contribution is 7.18. The van der Waals surface area contributed by atoms with Crippen molar-refractivity contribution in [2.45, 2.75) is 39.2 Å². The monoisotopic (exact) mass is 305 g/mol. The zero-order valence-electron chi connectivity index (χ0n) is 12.3. The van der Waals surface area contributed by atoms with Crippen LogP contribution in [0.25, 0.3) is 10.2 Å². The van der Waals surface area contributed by atoms with Crippen LogP contribution in [-0.4, -0.2) is 35.1 Å². The molecule has 1 atom stereocenters. The van der Waals surface area contributed by atoms with Crippen molar-refractivity contribution >= 4 is 33.3 Å². The van der Waals surface area contributed by atoms with Gasteiger partial charge in [0.05, 0.1) is 12.0 Å². The fourth-order valence-corrected chi connectivity index (χ4v) is 3.73. The lowest BCUT2D eigenvalue weighted by Gasteiger charge is -2.24. The number of carbonyl (C=O) groups excluding carboxylic acids is 1. The quantitative estimate of drug-likeness (QED) is 0.813. The first-order valence-corrected chi connectivity index (χ1v) is 8.23. The number of hydrogen-bond donors (Lipinski definition) is 0. The Morgan fingerprint density at radius 1 is 1.48 bits per heavy atom. The first-order valence-electron chi connectivity index (χ1n) is 7.41. The molecule has 0 aliphatic carbocycles. The molecule has 0 saturated carbocycles. The first kappa shape index (κ1) is 14.3. The lowest BCUT2D eigenvalue weighted by Crippen LogP contribution is -2.38. The van der Waals surface area contributed by atoms with E-state index in [9.17, 15) is 4.79 Å². The third-order valence-corrected chi connectivity index (χ3v) is 4.98. The van der Waals surface area contributed by atoms with Gasteiger partial charge in [0.15, 0.2) is 0 Å². The molecule has 5 nitrogen and oxygen atoms in total. The molecule has 0 N–H and O–H groups in total. The molecule has 1 aliphatic heterocycles. The summed E-state index contributed by atoms with van der Waals surface area (Å²) >= 11 is 1.70. The lowest BCUT2D eigenvalue weighted by molar-refractivity contribution is -0.144. The smallest absolute Gasteiger partial charge is 0.328 e. The summed E-state index contributed by atoms with van der Waals surface area (Å²) in [5.74, 6) is 0.721. The molecule has 1 fully saturated rings. The van der Waals surface area contributed by atoms with E-state index in [0.29, 0.717) is 6.61 Å². The van der Waals surface area contributed by atoms with Gasteiger partial charge in [-0.1, -0.05) is 6.92 Å². The molecule has 21 heavy (non-hydrogen) atoms. The van der Waals surface area contributed by atoms with Crippen LogP contribution < -0.4 is 4.90 Å². The summed E-state index contributed by atoms with van der Waals surface area (Å²) in [5, 5.41) is 1.05. The van der Waals surface area contributed by atoms with E-state index >= 15 is 0 Å². The molecule has 3 rings (SSSR count). The van der Waals surface area contributed by atoms with E-state index in [4.69, 9.17) is 4.74 Å². The third-order valence-electron chi connectivity index (χ3n) is 3.79. The summed E-state index contributed by atoms with van der Waals surface area (Å²) in [5.41, 5.74) is 0. The number of anilines is 1. The van der Waals surface area contributed by atoms with Crippen molar-refractivity contribution in [2.24, 2.45) is 0 Å². The van der Waals surface area contributed by atoms with E-state index in [1.165, 1.54) is 4.88 Å². The van der Waals surface area contributed by atoms with E-state index in [2.05, 4.69) is 27.9 Å². The Kier molecular flexibility index (Phi) is 4.05. The molecule has 2 aromatic rings. The summed E-state index contributed by atoms with van der Waals surface area (Å²) in [4.78, 5) is 25.3. The van der Waals surface area contributed by atoms with Crippen molar-refractivity contribution in [1.82, 2.24) is 9.97 Å². The number of rotatable bonds is 4. The van der Waals surface area contributed by atoms with Crippen LogP contribution >= 0.6 is 11.3 Å². The number of esters is 1. The van der Waals surface area contributed by atoms with Crippen molar-refractivity contribution in [3.63, 3.8) is 0 Å². The number of nitrogens with zero attached hydrogens (tertiary/aromatic N) is 3. The molecular weight excluding hydrogens is 286 g/mol. The van der Waals surface area contributed by atoms with Gasteiger partial charge in [0.1, 0.15) is 23.0 Å². The van der Waals surface area contributed by atoms with Gasteiger partial charge >= 0.3 is 5.97 Å². The van der Waals surface area contributed by atoms with E-state index in [1.807, 2.05) is 6.92 Å². The van der Waals surface area contributed by atoms with Gasteiger partial charge in [-0.2, -0.15) is 0 Å². The minimum atomic E-state index is -0.215. The minimum Gasteiger partial charge on any atom is -0.464 e. The predicted molar refractivity (Wildman–Crippen MR) is 83.8 cm³/mol. The Morgan fingerprint density at radius 2 is 2.33 bits per heavy atom. The molecule has 0 amide bonds. The molecule has 0 bridgehead atoms. The fourth-order valence-electron chi connectivity index (χ4n) is 2.80. The average molecular weight is 305 g/mol. The van der Waals surface area contributed by atoms with Crippen LogP contribution in [-0.2, 0) is 16.0 Å². The second-order valence-corrected chi connectivity index (χ2v) is 6.20. The van der Waals surface area contributed by atoms with E-state index in [1.54, 1.807) is 17.7 Å². The van der Waals surface area contributed by atoms with Gasteiger partial charge < -0.3 is 9.64 Å². The molecule has 2 aromatic heterocycles. The Hall–Kier alpha value is -1.69. The van der Waals surface area contributed by atoms with Crippen molar-refractivity contribution in [3.8, 4) is 0 Å². The summed E-state index contributed by atoms with van der Waals surface area (Å²) in [6.07, 6.45) is 4.39. The maximum absolute atomic E-state index is 12.1. The van der Waals surface area contributed by atoms with Crippen LogP contribution in [0.2, 0.25) is 0 Å². The average Bonchev–Trinajstić information content (AvgIpc) is 3.13. The van der Waals surface area contributed by atoms with Crippen LogP contribution in [0.3, 0.4) is 0 Å². The van der Waals surface area contributed by atoms with E-state index in [-0.39, 0.29) is 12.0 Å². The Morgan fingerprint density at radius 3 is 3.10 bits per heavy atom. The Bertz CT molecular complexity index is 655. The number of aromatic nitrogens is 2. The SMILES string of the molecule is CCOC(=O)C1CCCN1c1ncnc2sc(CC)cc12. The highest BCUT2D eigenvalue weighted by atomic mass is 32.1. The molecule has 0 spiro atoms. The summed E-state index contributed by atoms with van der Waals surface area (Å²) < 4.78 is 5.19. The number of hydrogen-bond acceptors (Lipinski definition) is 6. The highest BCUT2D eigenvalue weighted by Gasteiger charge is 2.33. The second-order valence-electron chi connectivity index (χ2n) is 5.09. The van der Waals surface area contributed by atoms with Gasteiger partial charge in [0, 0.05) is 11.4 Å². The second kappa shape index (κ2) is 5.97. The van der Waals surface area contributed by atoms with Crippen LogP contribution in [0.15, 0.2) is 12.4 Å². The molecule has 1 unspecified atom stereocenters. The molecule has 3 heterocycles. The summed E-state index contributed by atoms with van der Waals surface area (Å²) in [6.45, 7) is 5.23. The number of carbonyl (C=O) groups is 1. The van der Waals surface area contributed by atoms with Crippen LogP contribution in [0.4, 0.5) is 5.82 Å². The molecule has 112 valence electrons. The van der Waals surface area contributed by atoms with Gasteiger partial charge in [0.25, 0.3) is 0 Å². The lowest BCUT2D eigenvalue weighted by atomic mass is 10.2. The van der Waals surface area contributed by atoms with Crippen LogP contribution in [0, 0.1) is 0 Å². The summed E-state index contributed by atoms with van der Waals surface area (Å²) in [7, 11) is 0. The number of thiophene rings is 1. The van der Waals surface area contributed by atoms with Gasteiger partial charge in [-0.25, -0.2) is 14.8 Å². The number of ether oxygens (including phenoxy) is 1. The zero-order valence-corrected chi connectivity index (χ0v) is 13.2. The van der Waals surface area contributed by atoms with Crippen molar-refractivity contribution in [1.29, 1.82) is 0 Å². The fraction of sp³-hybridized carbons (Fsp3) is 0.533. The van der Waals surface area contributed by atoms with Gasteiger partial charge in [-0.15, -0.1) is 11.3 Å². The predicted octanol–water partition coefficient (Wildman–Crippen LogP) is 2.79. The molecule has 0 radical (unpaired) electrons. The Balaban J connectivity index is 1.98.